The highest BCUT2D eigenvalue weighted by Gasteiger charge is 2.18. The number of rotatable bonds is 7. The van der Waals surface area contributed by atoms with Gasteiger partial charge in [-0.1, -0.05) is 29.3 Å². The van der Waals surface area contributed by atoms with Gasteiger partial charge in [-0.2, -0.15) is 0 Å². The summed E-state index contributed by atoms with van der Waals surface area (Å²) >= 11 is 6.09. The molecule has 8 heteroatoms. The third kappa shape index (κ3) is 5.19. The molecule has 0 radical (unpaired) electrons. The maximum atomic E-state index is 12.8. The molecule has 3 rings (SSSR count). The van der Waals surface area contributed by atoms with Gasteiger partial charge >= 0.3 is 5.97 Å². The smallest absolute Gasteiger partial charge is 0.305 e. The highest BCUT2D eigenvalue weighted by atomic mass is 35.5. The summed E-state index contributed by atoms with van der Waals surface area (Å²) in [5.41, 5.74) is 1.80. The lowest BCUT2D eigenvalue weighted by atomic mass is 10.1. The Morgan fingerprint density at radius 1 is 1.10 bits per heavy atom. The molecule has 0 bridgehead atoms. The molecule has 0 saturated carbocycles. The molecule has 0 aliphatic heterocycles. The van der Waals surface area contributed by atoms with Crippen molar-refractivity contribution in [2.24, 2.45) is 0 Å². The summed E-state index contributed by atoms with van der Waals surface area (Å²) in [4.78, 5) is 11.5. The molecule has 0 aliphatic carbocycles. The zero-order chi connectivity index (χ0) is 21.0. The number of esters is 1. The van der Waals surface area contributed by atoms with Gasteiger partial charge in [-0.25, -0.2) is 8.42 Å². The van der Waals surface area contributed by atoms with Crippen LogP contribution in [0, 0.1) is 6.92 Å². The second kappa shape index (κ2) is 8.71. The molecule has 3 aromatic rings. The molecule has 0 saturated heterocycles. The van der Waals surface area contributed by atoms with E-state index in [-0.39, 0.29) is 17.3 Å². The largest absolute Gasteiger partial charge is 0.469 e. The first kappa shape index (κ1) is 21.0. The molecule has 0 aliphatic rings. The van der Waals surface area contributed by atoms with Gasteiger partial charge in [0, 0.05) is 17.0 Å². The molecule has 0 spiro atoms. The molecule has 152 valence electrons. The average molecular weight is 434 g/mol. The van der Waals surface area contributed by atoms with Crippen LogP contribution in [0.3, 0.4) is 0 Å². The monoisotopic (exact) mass is 433 g/mol. The van der Waals surface area contributed by atoms with Crippen molar-refractivity contribution in [2.45, 2.75) is 24.7 Å². The van der Waals surface area contributed by atoms with Crippen LogP contribution in [-0.2, 0) is 26.0 Å². The van der Waals surface area contributed by atoms with Gasteiger partial charge in [0.25, 0.3) is 10.0 Å². The van der Waals surface area contributed by atoms with Crippen LogP contribution in [0.2, 0.25) is 5.02 Å². The maximum absolute atomic E-state index is 12.8. The average Bonchev–Trinajstić information content (AvgIpc) is 3.15. The molecule has 2 aromatic carbocycles. The van der Waals surface area contributed by atoms with E-state index >= 15 is 0 Å². The summed E-state index contributed by atoms with van der Waals surface area (Å²) in [5.74, 6) is 0.719. The number of carbonyl (C=O) groups excluding carboxylic acids is 1. The summed E-state index contributed by atoms with van der Waals surface area (Å²) in [6.07, 6.45) is 0.571. The van der Waals surface area contributed by atoms with Crippen molar-refractivity contribution in [3.63, 3.8) is 0 Å². The van der Waals surface area contributed by atoms with Crippen molar-refractivity contribution in [1.29, 1.82) is 0 Å². The van der Waals surface area contributed by atoms with E-state index in [1.165, 1.54) is 13.2 Å². The van der Waals surface area contributed by atoms with Crippen molar-refractivity contribution >= 4 is 33.3 Å². The van der Waals surface area contributed by atoms with Crippen LogP contribution in [-0.4, -0.2) is 21.5 Å². The van der Waals surface area contributed by atoms with Crippen LogP contribution in [0.4, 0.5) is 5.69 Å². The van der Waals surface area contributed by atoms with E-state index in [4.69, 9.17) is 16.0 Å². The van der Waals surface area contributed by atoms with Gasteiger partial charge < -0.3 is 9.15 Å². The zero-order valence-electron chi connectivity index (χ0n) is 15.9. The van der Waals surface area contributed by atoms with E-state index in [0.717, 1.165) is 5.56 Å². The molecular weight excluding hydrogens is 414 g/mol. The minimum absolute atomic E-state index is 0.146. The number of methoxy groups -OCH3 is 1. The Bertz CT molecular complexity index is 1120. The lowest BCUT2D eigenvalue weighted by molar-refractivity contribution is -0.140. The van der Waals surface area contributed by atoms with Gasteiger partial charge in [0.15, 0.2) is 0 Å². The van der Waals surface area contributed by atoms with Gasteiger partial charge in [0.2, 0.25) is 0 Å². The zero-order valence-corrected chi connectivity index (χ0v) is 17.5. The summed E-state index contributed by atoms with van der Waals surface area (Å²) in [6.45, 7) is 1.88. The van der Waals surface area contributed by atoms with Gasteiger partial charge in [0.1, 0.15) is 11.5 Å². The van der Waals surface area contributed by atoms with Crippen LogP contribution >= 0.6 is 11.6 Å². The molecule has 29 heavy (non-hydrogen) atoms. The number of ether oxygens (including phenoxy) is 1. The molecule has 1 heterocycles. The number of carbonyl (C=O) groups is 1. The van der Waals surface area contributed by atoms with Crippen molar-refractivity contribution in [1.82, 2.24) is 0 Å². The van der Waals surface area contributed by atoms with E-state index in [9.17, 15) is 13.2 Å². The third-order valence-electron chi connectivity index (χ3n) is 4.29. The Labute approximate surface area is 174 Å². The minimum Gasteiger partial charge on any atom is -0.469 e. The molecule has 1 aromatic heterocycles. The molecule has 6 nitrogen and oxygen atoms in total. The molecular formula is C21H20ClNO5S. The number of nitrogens with one attached hydrogen (secondary N) is 1. The molecule has 0 amide bonds. The standard InChI is InChI=1S/C21H20ClNO5S/c1-14-3-8-17(9-4-14)29(25,26)23-19-13-15(22)5-10-18(19)20-11-6-16(28-20)7-12-21(24)27-2/h3-6,8-11,13,23H,7,12H2,1-2H3. The number of hydrogen-bond donors (Lipinski definition) is 1. The predicted octanol–water partition coefficient (Wildman–Crippen LogP) is 4.81. The van der Waals surface area contributed by atoms with Crippen LogP contribution < -0.4 is 4.72 Å². The van der Waals surface area contributed by atoms with Gasteiger partial charge in [-0.15, -0.1) is 0 Å². The van der Waals surface area contributed by atoms with E-state index in [2.05, 4.69) is 9.46 Å². The van der Waals surface area contributed by atoms with Crippen molar-refractivity contribution in [3.8, 4) is 11.3 Å². The summed E-state index contributed by atoms with van der Waals surface area (Å²) in [7, 11) is -2.48. The lowest BCUT2D eigenvalue weighted by Crippen LogP contribution is -2.13. The number of halogens is 1. The number of hydrogen-bond acceptors (Lipinski definition) is 5. The number of anilines is 1. The molecule has 0 unspecified atom stereocenters. The summed E-state index contributed by atoms with van der Waals surface area (Å²) < 4.78 is 38.6. The topological polar surface area (TPSA) is 85.6 Å². The van der Waals surface area contributed by atoms with E-state index < -0.39 is 10.0 Å². The lowest BCUT2D eigenvalue weighted by Gasteiger charge is -2.12. The SMILES string of the molecule is COC(=O)CCc1ccc(-c2ccc(Cl)cc2NS(=O)(=O)c2ccc(C)cc2)o1. The van der Waals surface area contributed by atoms with Crippen molar-refractivity contribution < 1.29 is 22.4 Å². The van der Waals surface area contributed by atoms with Gasteiger partial charge in [-0.05, 0) is 49.4 Å². The van der Waals surface area contributed by atoms with E-state index in [0.29, 0.717) is 34.2 Å². The van der Waals surface area contributed by atoms with Gasteiger partial charge in [-0.3, -0.25) is 9.52 Å². The fraction of sp³-hybridized carbons (Fsp3) is 0.190. The van der Waals surface area contributed by atoms with E-state index in [1.54, 1.807) is 48.5 Å². The Balaban J connectivity index is 1.90. The van der Waals surface area contributed by atoms with Crippen LogP contribution in [0.5, 0.6) is 0 Å². The predicted molar refractivity (Wildman–Crippen MR) is 111 cm³/mol. The fourth-order valence-corrected chi connectivity index (χ4v) is 3.96. The Kier molecular flexibility index (Phi) is 6.30. The van der Waals surface area contributed by atoms with Crippen LogP contribution in [0.25, 0.3) is 11.3 Å². The highest BCUT2D eigenvalue weighted by molar-refractivity contribution is 7.92. The minimum atomic E-state index is -3.81. The number of benzene rings is 2. The first-order valence-corrected chi connectivity index (χ1v) is 10.7. The van der Waals surface area contributed by atoms with Crippen molar-refractivity contribution in [2.75, 3.05) is 11.8 Å². The first-order chi connectivity index (χ1) is 13.8. The number of aryl methyl sites for hydroxylation is 2. The molecule has 0 atom stereocenters. The van der Waals surface area contributed by atoms with Gasteiger partial charge in [0.05, 0.1) is 24.1 Å². The van der Waals surface area contributed by atoms with Crippen molar-refractivity contribution in [3.05, 3.63) is 70.9 Å². The first-order valence-electron chi connectivity index (χ1n) is 8.83. The second-order valence-corrected chi connectivity index (χ2v) is 8.57. The number of sulfonamides is 1. The summed E-state index contributed by atoms with van der Waals surface area (Å²) in [5, 5.41) is 0.382. The second-order valence-electron chi connectivity index (χ2n) is 6.45. The Morgan fingerprint density at radius 2 is 1.83 bits per heavy atom. The molecule has 0 fully saturated rings. The Morgan fingerprint density at radius 3 is 2.52 bits per heavy atom. The van der Waals surface area contributed by atoms with E-state index in [1.807, 2.05) is 6.92 Å². The van der Waals surface area contributed by atoms with Crippen LogP contribution in [0.1, 0.15) is 17.7 Å². The molecule has 1 N–H and O–H groups in total. The third-order valence-corrected chi connectivity index (χ3v) is 5.90. The Hall–Kier alpha value is -2.77. The normalized spacial score (nSPS) is 11.3. The summed E-state index contributed by atoms with van der Waals surface area (Å²) in [6, 6.07) is 14.9. The maximum Gasteiger partial charge on any atom is 0.305 e. The van der Waals surface area contributed by atoms with Crippen LogP contribution in [0.15, 0.2) is 63.9 Å². The highest BCUT2D eigenvalue weighted by Crippen LogP contribution is 2.33. The number of furan rings is 1. The quantitative estimate of drug-likeness (QED) is 0.540. The fourth-order valence-electron chi connectivity index (χ4n) is 2.72.